The number of carbonyl (C=O) groups is 1. The molecule has 1 aliphatic rings. The van der Waals surface area contributed by atoms with Crippen LogP contribution in [0.1, 0.15) is 25.7 Å². The average molecular weight is 146 g/mol. The molecule has 2 nitrogen and oxygen atoms in total. The molecular formula is C6H10O2S. The second kappa shape index (κ2) is 3.90. The van der Waals surface area contributed by atoms with Crippen LogP contribution in [0, 0.1) is 0 Å². The molecule has 0 aromatic carbocycles. The smallest absolute Gasteiger partial charge is 0.202 e. The van der Waals surface area contributed by atoms with Crippen molar-refractivity contribution in [2.24, 2.45) is 0 Å². The molecule has 0 heterocycles. The van der Waals surface area contributed by atoms with Crippen molar-refractivity contribution in [1.29, 1.82) is 0 Å². The lowest BCUT2D eigenvalue weighted by atomic mass is 10.3. The van der Waals surface area contributed by atoms with Crippen molar-refractivity contribution >= 4 is 17.7 Å². The van der Waals surface area contributed by atoms with Gasteiger partial charge in [-0.05, 0) is 12.8 Å². The van der Waals surface area contributed by atoms with Crippen LogP contribution in [0.3, 0.4) is 0 Å². The molecule has 0 bridgehead atoms. The Morgan fingerprint density at radius 1 is 1.44 bits per heavy atom. The minimum atomic E-state index is 0.347. The molecule has 0 spiro atoms. The van der Waals surface area contributed by atoms with E-state index in [1.807, 2.05) is 0 Å². The fourth-order valence-corrected chi connectivity index (χ4v) is 1.48. The SMILES string of the molecule is O=CSOC1CCCC1. The van der Waals surface area contributed by atoms with Gasteiger partial charge in [-0.2, -0.15) is 0 Å². The summed E-state index contributed by atoms with van der Waals surface area (Å²) < 4.78 is 5.10. The third-order valence-corrected chi connectivity index (χ3v) is 1.99. The third kappa shape index (κ3) is 2.37. The maximum atomic E-state index is 9.80. The molecule has 0 amide bonds. The Morgan fingerprint density at radius 2 is 2.11 bits per heavy atom. The Morgan fingerprint density at radius 3 is 2.67 bits per heavy atom. The zero-order chi connectivity index (χ0) is 6.53. The van der Waals surface area contributed by atoms with Crippen molar-refractivity contribution in [2.45, 2.75) is 31.8 Å². The molecule has 0 atom stereocenters. The van der Waals surface area contributed by atoms with Crippen LogP contribution in [0.25, 0.3) is 0 Å². The van der Waals surface area contributed by atoms with Crippen LogP contribution in [0.15, 0.2) is 0 Å². The van der Waals surface area contributed by atoms with Crippen molar-refractivity contribution in [3.63, 3.8) is 0 Å². The van der Waals surface area contributed by atoms with Crippen LogP contribution in [-0.4, -0.2) is 11.7 Å². The molecule has 0 unspecified atom stereocenters. The third-order valence-electron chi connectivity index (χ3n) is 1.53. The van der Waals surface area contributed by atoms with Gasteiger partial charge in [0.15, 0.2) is 0 Å². The topological polar surface area (TPSA) is 26.3 Å². The molecule has 1 rings (SSSR count). The summed E-state index contributed by atoms with van der Waals surface area (Å²) in [5, 5.41) is 0. The van der Waals surface area contributed by atoms with E-state index in [-0.39, 0.29) is 0 Å². The monoisotopic (exact) mass is 146 g/mol. The molecule has 0 N–H and O–H groups in total. The highest BCUT2D eigenvalue weighted by atomic mass is 32.2. The summed E-state index contributed by atoms with van der Waals surface area (Å²) in [6.07, 6.45) is 5.11. The lowest BCUT2D eigenvalue weighted by Crippen LogP contribution is -2.00. The first-order valence-electron chi connectivity index (χ1n) is 3.19. The van der Waals surface area contributed by atoms with Gasteiger partial charge in [0.25, 0.3) is 0 Å². The molecule has 0 aromatic heterocycles. The van der Waals surface area contributed by atoms with Crippen molar-refractivity contribution in [1.82, 2.24) is 0 Å². The van der Waals surface area contributed by atoms with Gasteiger partial charge in [-0.15, -0.1) is 0 Å². The molecule has 3 heteroatoms. The highest BCUT2D eigenvalue weighted by molar-refractivity contribution is 8.07. The van der Waals surface area contributed by atoms with E-state index in [0.29, 0.717) is 6.10 Å². The van der Waals surface area contributed by atoms with Crippen LogP contribution in [0.5, 0.6) is 0 Å². The molecule has 9 heavy (non-hydrogen) atoms. The summed E-state index contributed by atoms with van der Waals surface area (Å²) >= 11 is 0.925. The first-order chi connectivity index (χ1) is 4.43. The molecule has 0 aromatic rings. The summed E-state index contributed by atoms with van der Waals surface area (Å²) in [5.74, 6) is 0. The van der Waals surface area contributed by atoms with Crippen molar-refractivity contribution in [3.05, 3.63) is 0 Å². The standard InChI is InChI=1S/C6H10O2S/c7-5-9-8-6-3-1-2-4-6/h5-6H,1-4H2. The normalized spacial score (nSPS) is 20.4. The van der Waals surface area contributed by atoms with E-state index in [0.717, 1.165) is 30.5 Å². The lowest BCUT2D eigenvalue weighted by molar-refractivity contribution is 0.254. The zero-order valence-electron chi connectivity index (χ0n) is 5.21. The summed E-state index contributed by atoms with van der Waals surface area (Å²) in [7, 11) is 0. The first kappa shape index (κ1) is 7.09. The van der Waals surface area contributed by atoms with Gasteiger partial charge < -0.3 is 4.18 Å². The highest BCUT2D eigenvalue weighted by Gasteiger charge is 2.15. The van der Waals surface area contributed by atoms with E-state index in [2.05, 4.69) is 0 Å². The fraction of sp³-hybridized carbons (Fsp3) is 0.833. The molecule has 1 fully saturated rings. The summed E-state index contributed by atoms with van der Waals surface area (Å²) in [5.41, 5.74) is 0.734. The van der Waals surface area contributed by atoms with Gasteiger partial charge in [-0.3, -0.25) is 4.79 Å². The van der Waals surface area contributed by atoms with Gasteiger partial charge >= 0.3 is 0 Å². The van der Waals surface area contributed by atoms with Crippen LogP contribution < -0.4 is 0 Å². The van der Waals surface area contributed by atoms with Gasteiger partial charge in [0, 0.05) is 0 Å². The fourth-order valence-electron chi connectivity index (χ4n) is 1.09. The Balaban J connectivity index is 2.04. The molecule has 1 saturated carbocycles. The first-order valence-corrected chi connectivity index (χ1v) is 4.00. The predicted octanol–water partition coefficient (Wildman–Crippen LogP) is 1.78. The highest BCUT2D eigenvalue weighted by Crippen LogP contribution is 2.23. The van der Waals surface area contributed by atoms with Crippen LogP contribution in [0.2, 0.25) is 0 Å². The van der Waals surface area contributed by atoms with E-state index in [1.54, 1.807) is 0 Å². The quantitative estimate of drug-likeness (QED) is 0.448. The molecule has 1 aliphatic carbocycles. The van der Waals surface area contributed by atoms with Crippen LogP contribution in [0.4, 0.5) is 0 Å². The Labute approximate surface area is 59.2 Å². The maximum Gasteiger partial charge on any atom is 0.202 e. The van der Waals surface area contributed by atoms with Crippen molar-refractivity contribution < 1.29 is 8.98 Å². The van der Waals surface area contributed by atoms with E-state index >= 15 is 0 Å². The minimum absolute atomic E-state index is 0.347. The lowest BCUT2D eigenvalue weighted by Gasteiger charge is -2.03. The largest absolute Gasteiger partial charge is 0.305 e. The second-order valence-corrected chi connectivity index (χ2v) is 2.77. The minimum Gasteiger partial charge on any atom is -0.305 e. The van der Waals surface area contributed by atoms with E-state index in [1.165, 1.54) is 12.8 Å². The Bertz CT molecular complexity index is 89.1. The van der Waals surface area contributed by atoms with Gasteiger partial charge in [-0.1, -0.05) is 12.8 Å². The predicted molar refractivity (Wildman–Crippen MR) is 37.7 cm³/mol. The number of hydrogen-bond acceptors (Lipinski definition) is 3. The number of rotatable bonds is 3. The molecule has 52 valence electrons. The van der Waals surface area contributed by atoms with Crippen molar-refractivity contribution in [3.8, 4) is 0 Å². The molecular weight excluding hydrogens is 136 g/mol. The Kier molecular flexibility index (Phi) is 3.08. The number of carbonyl (C=O) groups excluding carboxylic acids is 1. The van der Waals surface area contributed by atoms with Crippen LogP contribution in [-0.2, 0) is 8.98 Å². The summed E-state index contributed by atoms with van der Waals surface area (Å²) in [6, 6.07) is 0. The molecule has 0 radical (unpaired) electrons. The molecule has 0 saturated heterocycles. The summed E-state index contributed by atoms with van der Waals surface area (Å²) in [4.78, 5) is 9.80. The van der Waals surface area contributed by atoms with E-state index < -0.39 is 0 Å². The second-order valence-electron chi connectivity index (χ2n) is 2.20. The van der Waals surface area contributed by atoms with Gasteiger partial charge in [0.1, 0.15) is 0 Å². The average Bonchev–Trinajstić information content (AvgIpc) is 2.34. The molecule has 0 aliphatic heterocycles. The number of hydrogen-bond donors (Lipinski definition) is 0. The van der Waals surface area contributed by atoms with E-state index in [4.69, 9.17) is 4.18 Å². The van der Waals surface area contributed by atoms with Gasteiger partial charge in [0.2, 0.25) is 5.62 Å². The maximum absolute atomic E-state index is 9.80. The van der Waals surface area contributed by atoms with E-state index in [9.17, 15) is 4.79 Å². The summed E-state index contributed by atoms with van der Waals surface area (Å²) in [6.45, 7) is 0. The van der Waals surface area contributed by atoms with Crippen LogP contribution >= 0.6 is 12.0 Å². The van der Waals surface area contributed by atoms with Gasteiger partial charge in [0.05, 0.1) is 18.1 Å². The van der Waals surface area contributed by atoms with Crippen molar-refractivity contribution in [2.75, 3.05) is 0 Å². The van der Waals surface area contributed by atoms with Gasteiger partial charge in [-0.25, -0.2) is 0 Å². The Hall–Kier alpha value is -0.0200. The zero-order valence-corrected chi connectivity index (χ0v) is 6.02.